The Balaban J connectivity index is 0. The van der Waals surface area contributed by atoms with Crippen LogP contribution in [-0.2, 0) is 4.79 Å². The van der Waals surface area contributed by atoms with Crippen molar-refractivity contribution < 1.29 is 78.8 Å². The summed E-state index contributed by atoms with van der Waals surface area (Å²) in [7, 11) is 0. The third-order valence-corrected chi connectivity index (χ3v) is 0.732. The second kappa shape index (κ2) is 7.25. The molecule has 0 aromatic carbocycles. The summed E-state index contributed by atoms with van der Waals surface area (Å²) >= 11 is 1.72. The molecule has 4 heteroatoms. The fraction of sp³-hybridized carbons (Fsp3) is 0.500. The number of carbonyl (C=O) groups is 1. The molecule has 0 N–H and O–H groups in total. The largest absolute Gasteiger partial charge is 1.00 e. The van der Waals surface area contributed by atoms with Gasteiger partial charge in [0.1, 0.15) is 0 Å². The molecular formula is C2H2CsIO2. The summed E-state index contributed by atoms with van der Waals surface area (Å²) in [5.41, 5.74) is 0. The third-order valence-electron chi connectivity index (χ3n) is 0.109. The zero-order chi connectivity index (χ0) is 4.28. The predicted octanol–water partition coefficient (Wildman–Crippen LogP) is -3.82. The zero-order valence-corrected chi connectivity index (χ0v) is 11.8. The minimum atomic E-state index is -1.01. The minimum Gasteiger partial charge on any atom is -0.549 e. The van der Waals surface area contributed by atoms with Crippen LogP contribution in [0, 0.1) is 0 Å². The monoisotopic (exact) mass is 318 g/mol. The Labute approximate surface area is 109 Å². The van der Waals surface area contributed by atoms with Crippen molar-refractivity contribution in [1.29, 1.82) is 0 Å². The van der Waals surface area contributed by atoms with E-state index < -0.39 is 5.97 Å². The first-order valence-corrected chi connectivity index (χ1v) is 2.55. The van der Waals surface area contributed by atoms with Gasteiger partial charge in [-0.15, -0.1) is 0 Å². The first-order valence-electron chi connectivity index (χ1n) is 1.03. The summed E-state index contributed by atoms with van der Waals surface area (Å²) in [4.78, 5) is 9.25. The van der Waals surface area contributed by atoms with E-state index in [0.29, 0.717) is 0 Å². The van der Waals surface area contributed by atoms with Crippen LogP contribution < -0.4 is 74.0 Å². The van der Waals surface area contributed by atoms with E-state index in [1.165, 1.54) is 0 Å². The van der Waals surface area contributed by atoms with E-state index in [0.717, 1.165) is 0 Å². The van der Waals surface area contributed by atoms with Crippen LogP contribution >= 0.6 is 22.6 Å². The van der Waals surface area contributed by atoms with Crippen LogP contribution in [0.2, 0.25) is 0 Å². The Bertz CT molecular complexity index is 46.8. The summed E-state index contributed by atoms with van der Waals surface area (Å²) < 4.78 is 0.0811. The van der Waals surface area contributed by atoms with Crippen LogP contribution in [0.3, 0.4) is 0 Å². The van der Waals surface area contributed by atoms with Gasteiger partial charge in [0.25, 0.3) is 0 Å². The van der Waals surface area contributed by atoms with Gasteiger partial charge in [0.05, 0.1) is 5.97 Å². The number of aliphatic carboxylic acids is 1. The second-order valence-corrected chi connectivity index (χ2v) is 1.27. The van der Waals surface area contributed by atoms with E-state index >= 15 is 0 Å². The zero-order valence-electron chi connectivity index (χ0n) is 3.40. The third kappa shape index (κ3) is 9.54. The van der Waals surface area contributed by atoms with Gasteiger partial charge >= 0.3 is 68.9 Å². The normalized spacial score (nSPS) is 6.17. The maximum atomic E-state index is 9.25. The van der Waals surface area contributed by atoms with Crippen LogP contribution in [0.1, 0.15) is 0 Å². The molecule has 0 aliphatic rings. The molecule has 0 bridgehead atoms. The van der Waals surface area contributed by atoms with E-state index in [4.69, 9.17) is 0 Å². The summed E-state index contributed by atoms with van der Waals surface area (Å²) in [6, 6.07) is 0. The quantitative estimate of drug-likeness (QED) is 0.367. The van der Waals surface area contributed by atoms with Crippen LogP contribution in [0.15, 0.2) is 0 Å². The number of carbonyl (C=O) groups excluding carboxylic acids is 1. The molecule has 0 spiro atoms. The van der Waals surface area contributed by atoms with Gasteiger partial charge in [-0.3, -0.25) is 0 Å². The molecule has 0 saturated heterocycles. The summed E-state index contributed by atoms with van der Waals surface area (Å²) in [6.07, 6.45) is 0. The maximum Gasteiger partial charge on any atom is 1.00 e. The van der Waals surface area contributed by atoms with E-state index in [1.807, 2.05) is 0 Å². The number of hydrogen-bond acceptors (Lipinski definition) is 2. The number of halogens is 1. The van der Waals surface area contributed by atoms with E-state index in [-0.39, 0.29) is 73.3 Å². The Morgan fingerprint density at radius 3 is 2.00 bits per heavy atom. The fourth-order valence-electron chi connectivity index (χ4n) is 0. The first-order chi connectivity index (χ1) is 2.27. The topological polar surface area (TPSA) is 40.1 Å². The van der Waals surface area contributed by atoms with Gasteiger partial charge in [-0.05, 0) is 0 Å². The maximum absolute atomic E-state index is 9.25. The molecule has 2 nitrogen and oxygen atoms in total. The van der Waals surface area contributed by atoms with E-state index in [1.54, 1.807) is 22.6 Å². The number of carboxylic acid groups (broad SMARTS) is 1. The summed E-state index contributed by atoms with van der Waals surface area (Å²) in [5.74, 6) is -1.01. The Hall–Kier alpha value is 2.25. The van der Waals surface area contributed by atoms with Gasteiger partial charge in [-0.2, -0.15) is 0 Å². The standard InChI is InChI=1S/C2H3IO2.Cs/c3-1-2(4)5;/h1H2,(H,4,5);/q;+1/p-1. The van der Waals surface area contributed by atoms with Crippen molar-refractivity contribution in [2.45, 2.75) is 0 Å². The number of carboxylic acids is 1. The Morgan fingerprint density at radius 1 is 1.83 bits per heavy atom. The van der Waals surface area contributed by atoms with E-state index in [2.05, 4.69) is 0 Å². The SMILES string of the molecule is O=C([O-])CI.[Cs+]. The fourth-order valence-corrected chi connectivity index (χ4v) is 0. The van der Waals surface area contributed by atoms with Crippen molar-refractivity contribution in [3.63, 3.8) is 0 Å². The van der Waals surface area contributed by atoms with Gasteiger partial charge in [0.2, 0.25) is 0 Å². The van der Waals surface area contributed by atoms with Crippen molar-refractivity contribution in [3.8, 4) is 0 Å². The van der Waals surface area contributed by atoms with Gasteiger partial charge in [-0.25, -0.2) is 0 Å². The van der Waals surface area contributed by atoms with Crippen molar-refractivity contribution in [1.82, 2.24) is 0 Å². The molecule has 0 heterocycles. The number of rotatable bonds is 1. The first kappa shape index (κ1) is 11.1. The molecule has 0 amide bonds. The molecule has 0 aliphatic heterocycles. The molecular weight excluding hydrogens is 316 g/mol. The molecule has 30 valence electrons. The molecule has 0 fully saturated rings. The van der Waals surface area contributed by atoms with Crippen molar-refractivity contribution in [3.05, 3.63) is 0 Å². The van der Waals surface area contributed by atoms with Gasteiger partial charge in [-0.1, -0.05) is 22.6 Å². The molecule has 0 aromatic heterocycles. The second-order valence-electron chi connectivity index (χ2n) is 0.506. The molecule has 0 rings (SSSR count). The summed E-state index contributed by atoms with van der Waals surface area (Å²) in [6.45, 7) is 0. The average molecular weight is 318 g/mol. The van der Waals surface area contributed by atoms with Crippen LogP contribution in [-0.4, -0.2) is 10.4 Å². The Morgan fingerprint density at radius 2 is 2.00 bits per heavy atom. The number of hydrogen-bond donors (Lipinski definition) is 0. The molecule has 0 radical (unpaired) electrons. The Kier molecular flexibility index (Phi) is 13.4. The molecule has 0 aromatic rings. The molecule has 0 saturated carbocycles. The van der Waals surface area contributed by atoms with Crippen LogP contribution in [0.5, 0.6) is 0 Å². The van der Waals surface area contributed by atoms with E-state index in [9.17, 15) is 9.90 Å². The van der Waals surface area contributed by atoms with Crippen molar-refractivity contribution >= 4 is 28.6 Å². The van der Waals surface area contributed by atoms with Crippen molar-refractivity contribution in [2.75, 3.05) is 4.43 Å². The smallest absolute Gasteiger partial charge is 0.549 e. The molecule has 0 unspecified atom stereocenters. The van der Waals surface area contributed by atoms with Gasteiger partial charge < -0.3 is 9.90 Å². The average Bonchev–Trinajstić information content (AvgIpc) is 1.38. The summed E-state index contributed by atoms with van der Waals surface area (Å²) in [5, 5.41) is 9.25. The molecule has 0 atom stereocenters. The predicted molar refractivity (Wildman–Crippen MR) is 23.9 cm³/mol. The molecule has 6 heavy (non-hydrogen) atoms. The van der Waals surface area contributed by atoms with Crippen LogP contribution in [0.4, 0.5) is 0 Å². The van der Waals surface area contributed by atoms with Gasteiger partial charge in [0.15, 0.2) is 0 Å². The molecule has 0 aliphatic carbocycles. The van der Waals surface area contributed by atoms with Crippen LogP contribution in [0.25, 0.3) is 0 Å². The van der Waals surface area contributed by atoms with Crippen molar-refractivity contribution in [2.24, 2.45) is 0 Å². The number of alkyl halides is 1. The van der Waals surface area contributed by atoms with Gasteiger partial charge in [0, 0.05) is 4.43 Å². The minimum absolute atomic E-state index is 0.